The van der Waals surface area contributed by atoms with Gasteiger partial charge in [0.25, 0.3) is 5.91 Å². The van der Waals surface area contributed by atoms with E-state index in [-0.39, 0.29) is 30.1 Å². The number of nitrogens with zero attached hydrogens (tertiary/aromatic N) is 5. The highest BCUT2D eigenvalue weighted by Gasteiger charge is 2.27. The molecule has 5 N–H and O–H groups in total. The van der Waals surface area contributed by atoms with Crippen LogP contribution in [0, 0.1) is 11.3 Å². The van der Waals surface area contributed by atoms with Gasteiger partial charge in [-0.3, -0.25) is 4.79 Å². The van der Waals surface area contributed by atoms with Crippen LogP contribution in [0.1, 0.15) is 74.7 Å². The highest BCUT2D eigenvalue weighted by molar-refractivity contribution is 6.29. The van der Waals surface area contributed by atoms with Crippen molar-refractivity contribution in [1.82, 2.24) is 25.3 Å². The van der Waals surface area contributed by atoms with Crippen LogP contribution in [0.4, 0.5) is 27.5 Å². The van der Waals surface area contributed by atoms with Crippen molar-refractivity contribution in [2.45, 2.75) is 72.3 Å². The number of anilines is 4. The van der Waals surface area contributed by atoms with Crippen molar-refractivity contribution in [3.63, 3.8) is 0 Å². The fourth-order valence-corrected chi connectivity index (χ4v) is 3.62. The van der Waals surface area contributed by atoms with Gasteiger partial charge in [0.15, 0.2) is 0 Å². The van der Waals surface area contributed by atoms with E-state index in [1.54, 1.807) is 19.1 Å². The fraction of sp³-hybridized carbons (Fsp3) is 0.433. The molecule has 0 radical (unpaired) electrons. The van der Waals surface area contributed by atoms with Gasteiger partial charge in [-0.15, -0.1) is 0 Å². The summed E-state index contributed by atoms with van der Waals surface area (Å²) in [5, 5.41) is 30.5. The van der Waals surface area contributed by atoms with Gasteiger partial charge in [-0.2, -0.15) is 5.26 Å². The minimum absolute atomic E-state index is 0.0215. The zero-order valence-electron chi connectivity index (χ0n) is 26.3. The van der Waals surface area contributed by atoms with E-state index < -0.39 is 23.6 Å². The van der Waals surface area contributed by atoms with Crippen LogP contribution in [-0.4, -0.2) is 73.9 Å². The summed E-state index contributed by atoms with van der Waals surface area (Å²) in [6.45, 7) is 12.2. The van der Waals surface area contributed by atoms with Crippen molar-refractivity contribution < 1.29 is 23.8 Å². The summed E-state index contributed by atoms with van der Waals surface area (Å²) < 4.78 is 18.8. The van der Waals surface area contributed by atoms with Crippen LogP contribution in [-0.2, 0) is 4.74 Å². The van der Waals surface area contributed by atoms with Gasteiger partial charge in [-0.1, -0.05) is 11.6 Å². The van der Waals surface area contributed by atoms with E-state index in [4.69, 9.17) is 21.6 Å². The van der Waals surface area contributed by atoms with Crippen molar-refractivity contribution in [3.05, 3.63) is 58.8 Å². The predicted octanol–water partition coefficient (Wildman–Crippen LogP) is 4.88. The number of alkyl halides is 1. The standard InChI is InChI=1S/C19H24FN7O2.C11H15ClN2O2/c1-11(2)26-14-5-16(27-18-24-7-12(6-21)8-25-18)22-9-13(14)17(28)23-10-15(20)19(3,4)29;1-4-16-11(15)8-6-13-10(12)5-9(8)14-7(2)3/h5,7-9,11,15,29H,10H2,1-4H3,(H,23,28)(H2,22,24,25,26,27);5-7H,4H2,1-3H3,(H,13,14)/t15-;/m1./s1. The molecule has 0 spiro atoms. The van der Waals surface area contributed by atoms with E-state index in [1.165, 1.54) is 38.6 Å². The Morgan fingerprint density at radius 2 is 1.58 bits per heavy atom. The van der Waals surface area contributed by atoms with Crippen molar-refractivity contribution in [1.29, 1.82) is 5.26 Å². The molecule has 15 heteroatoms. The number of aliphatic hydroxyl groups is 1. The summed E-state index contributed by atoms with van der Waals surface area (Å²) >= 11 is 5.78. The molecule has 1 atom stereocenters. The summed E-state index contributed by atoms with van der Waals surface area (Å²) in [5.41, 5.74) is 0.540. The molecule has 0 saturated heterocycles. The Balaban J connectivity index is 0.000000372. The number of halogens is 2. The minimum atomic E-state index is -1.62. The molecule has 13 nitrogen and oxygen atoms in total. The lowest BCUT2D eigenvalue weighted by atomic mass is 10.0. The molecule has 0 aliphatic carbocycles. The van der Waals surface area contributed by atoms with Crippen molar-refractivity contribution in [2.75, 3.05) is 29.1 Å². The van der Waals surface area contributed by atoms with Crippen LogP contribution in [0.25, 0.3) is 0 Å². The van der Waals surface area contributed by atoms with Gasteiger partial charge in [-0.25, -0.2) is 29.1 Å². The van der Waals surface area contributed by atoms with E-state index in [0.29, 0.717) is 40.1 Å². The molecule has 0 aliphatic heterocycles. The van der Waals surface area contributed by atoms with Gasteiger partial charge in [0.2, 0.25) is 5.95 Å². The maximum absolute atomic E-state index is 13.9. The molecule has 0 saturated carbocycles. The average Bonchev–Trinajstić information content (AvgIpc) is 2.95. The third-order valence-electron chi connectivity index (χ3n) is 5.63. The smallest absolute Gasteiger partial charge is 0.341 e. The number of hydrogen-bond donors (Lipinski definition) is 5. The number of rotatable bonds is 12. The number of pyridine rings is 2. The van der Waals surface area contributed by atoms with E-state index in [9.17, 15) is 19.1 Å². The maximum atomic E-state index is 13.9. The summed E-state index contributed by atoms with van der Waals surface area (Å²) in [6.07, 6.45) is 3.91. The number of aromatic nitrogens is 4. The van der Waals surface area contributed by atoms with Crippen molar-refractivity contribution in [3.8, 4) is 6.07 Å². The van der Waals surface area contributed by atoms with Gasteiger partial charge in [0.1, 0.15) is 28.8 Å². The number of esters is 1. The summed E-state index contributed by atoms with van der Waals surface area (Å²) in [5.74, 6) is -0.285. The number of hydrogen-bond acceptors (Lipinski definition) is 12. The lowest BCUT2D eigenvalue weighted by molar-refractivity contribution is -0.00178. The van der Waals surface area contributed by atoms with Gasteiger partial charge in [0.05, 0.1) is 53.6 Å². The number of carbonyl (C=O) groups excluding carboxylic acids is 2. The molecule has 3 heterocycles. The largest absolute Gasteiger partial charge is 0.462 e. The molecule has 3 aromatic rings. The highest BCUT2D eigenvalue weighted by atomic mass is 35.5. The van der Waals surface area contributed by atoms with Crippen LogP contribution in [0.15, 0.2) is 36.9 Å². The summed E-state index contributed by atoms with van der Waals surface area (Å²) in [6, 6.07) is 5.38. The Morgan fingerprint density at radius 1 is 1.00 bits per heavy atom. The first kappa shape index (κ1) is 36.6. The molecule has 0 unspecified atom stereocenters. The number of amides is 1. The van der Waals surface area contributed by atoms with Crippen LogP contribution in [0.5, 0.6) is 0 Å². The summed E-state index contributed by atoms with van der Waals surface area (Å²) in [7, 11) is 0. The van der Waals surface area contributed by atoms with Crippen molar-refractivity contribution >= 4 is 46.6 Å². The van der Waals surface area contributed by atoms with E-state index in [1.807, 2.05) is 33.8 Å². The van der Waals surface area contributed by atoms with Crippen LogP contribution < -0.4 is 21.3 Å². The molecular weight excluding hydrogens is 605 g/mol. The quantitative estimate of drug-likeness (QED) is 0.133. The molecular formula is C30H39ClFN9O4. The Labute approximate surface area is 267 Å². The molecule has 3 rings (SSSR count). The summed E-state index contributed by atoms with van der Waals surface area (Å²) in [4.78, 5) is 40.2. The first-order valence-electron chi connectivity index (χ1n) is 14.1. The first-order valence-corrected chi connectivity index (χ1v) is 14.5. The fourth-order valence-electron chi connectivity index (χ4n) is 3.46. The Morgan fingerprint density at radius 3 is 2.11 bits per heavy atom. The Kier molecular flexibility index (Phi) is 13.8. The van der Waals surface area contributed by atoms with Gasteiger partial charge in [-0.05, 0) is 54.5 Å². The second-order valence-corrected chi connectivity index (χ2v) is 11.2. The molecule has 0 aromatic carbocycles. The topological polar surface area (TPSA) is 187 Å². The zero-order valence-corrected chi connectivity index (χ0v) is 27.0. The number of carbonyl (C=O) groups is 2. The maximum Gasteiger partial charge on any atom is 0.341 e. The first-order chi connectivity index (χ1) is 21.1. The average molecular weight is 644 g/mol. The minimum Gasteiger partial charge on any atom is -0.462 e. The lowest BCUT2D eigenvalue weighted by Crippen LogP contribution is -2.42. The van der Waals surface area contributed by atoms with Crippen LogP contribution in [0.2, 0.25) is 5.15 Å². The molecule has 1 amide bonds. The highest BCUT2D eigenvalue weighted by Crippen LogP contribution is 2.22. The second-order valence-electron chi connectivity index (χ2n) is 10.8. The molecule has 3 aromatic heterocycles. The van der Waals surface area contributed by atoms with E-state index in [2.05, 4.69) is 41.2 Å². The van der Waals surface area contributed by atoms with Crippen molar-refractivity contribution in [2.24, 2.45) is 0 Å². The molecule has 0 fully saturated rings. The predicted molar refractivity (Wildman–Crippen MR) is 171 cm³/mol. The Bertz CT molecular complexity index is 1480. The van der Waals surface area contributed by atoms with Crippen LogP contribution in [0.3, 0.4) is 0 Å². The number of ether oxygens (including phenoxy) is 1. The molecule has 0 aliphatic rings. The molecule has 45 heavy (non-hydrogen) atoms. The third-order valence-corrected chi connectivity index (χ3v) is 5.84. The van der Waals surface area contributed by atoms with Gasteiger partial charge in [0, 0.05) is 30.5 Å². The zero-order chi connectivity index (χ0) is 33.7. The molecule has 0 bridgehead atoms. The third kappa shape index (κ3) is 12.1. The Hall–Kier alpha value is -4.61. The van der Waals surface area contributed by atoms with Gasteiger partial charge < -0.3 is 31.1 Å². The van der Waals surface area contributed by atoms with Gasteiger partial charge >= 0.3 is 5.97 Å². The normalized spacial score (nSPS) is 11.5. The van der Waals surface area contributed by atoms with Crippen LogP contribution >= 0.6 is 11.6 Å². The SMILES string of the molecule is CC(C)Nc1cc(Nc2ncc(C#N)cn2)ncc1C(=O)NC[C@@H](F)C(C)(C)O.CCOC(=O)c1cnc(Cl)cc1NC(C)C. The van der Waals surface area contributed by atoms with E-state index >= 15 is 0 Å². The second kappa shape index (κ2) is 17.0. The van der Waals surface area contributed by atoms with E-state index in [0.717, 1.165) is 0 Å². The number of nitrogens with one attached hydrogen (secondary N) is 4. The molecule has 242 valence electrons. The number of nitriles is 1. The monoisotopic (exact) mass is 643 g/mol. The lowest BCUT2D eigenvalue weighted by Gasteiger charge is -2.23.